The maximum absolute atomic E-state index is 12.6. The van der Waals surface area contributed by atoms with Crippen LogP contribution in [0.5, 0.6) is 0 Å². The topological polar surface area (TPSA) is 81.4 Å². The smallest absolute Gasteiger partial charge is 0.300 e. The number of benzene rings is 1. The Morgan fingerprint density at radius 1 is 0.792 bits per heavy atom. The molecule has 1 aliphatic heterocycles. The number of fused-ring (bicyclic) bond motifs is 1. The highest BCUT2D eigenvalue weighted by Crippen LogP contribution is 2.59. The van der Waals surface area contributed by atoms with Gasteiger partial charge in [-0.2, -0.15) is 0 Å². The monoisotopic (exact) mass is 325 g/mol. The van der Waals surface area contributed by atoms with Gasteiger partial charge in [0.05, 0.1) is 17.5 Å². The summed E-state index contributed by atoms with van der Waals surface area (Å²) < 4.78 is 2.35. The molecular weight excluding hydrogens is 310 g/mol. The van der Waals surface area contributed by atoms with E-state index in [2.05, 4.69) is 0 Å². The van der Waals surface area contributed by atoms with Crippen LogP contribution in [0.3, 0.4) is 0 Å². The number of imide groups is 1. The lowest BCUT2D eigenvalue weighted by Gasteiger charge is -2.19. The molecule has 2 fully saturated rings. The van der Waals surface area contributed by atoms with E-state index in [1.165, 1.54) is 22.6 Å². The van der Waals surface area contributed by atoms with Gasteiger partial charge in [-0.25, -0.2) is 4.79 Å². The van der Waals surface area contributed by atoms with Gasteiger partial charge in [0.2, 0.25) is 11.8 Å². The standard InChI is InChI=1S/C17H15N3O4/c1-18-10(8-11(21)19(2)17(18)24)12-13-14(12)16(23)20(15(13)22)9-6-4-3-5-7-9/h3-8,12-14H,1-2H3/t12?,13-,14+. The molecular formula is C17H15N3O4. The minimum Gasteiger partial charge on any atom is -0.300 e. The van der Waals surface area contributed by atoms with E-state index < -0.39 is 29.0 Å². The van der Waals surface area contributed by atoms with Crippen molar-refractivity contribution in [2.45, 2.75) is 5.92 Å². The van der Waals surface area contributed by atoms with Crippen molar-refractivity contribution in [3.8, 4) is 0 Å². The zero-order chi connectivity index (χ0) is 17.2. The second-order valence-electron chi connectivity index (χ2n) is 6.23. The van der Waals surface area contributed by atoms with Crippen LogP contribution in [0.15, 0.2) is 46.0 Å². The van der Waals surface area contributed by atoms with E-state index in [9.17, 15) is 19.2 Å². The van der Waals surface area contributed by atoms with Crippen molar-refractivity contribution in [1.82, 2.24) is 9.13 Å². The highest BCUT2D eigenvalue weighted by Gasteiger charge is 2.68. The number of amides is 2. The average molecular weight is 325 g/mol. The van der Waals surface area contributed by atoms with E-state index in [0.29, 0.717) is 11.4 Å². The van der Waals surface area contributed by atoms with E-state index in [1.807, 2.05) is 6.07 Å². The van der Waals surface area contributed by atoms with Crippen LogP contribution in [-0.2, 0) is 23.7 Å². The summed E-state index contributed by atoms with van der Waals surface area (Å²) >= 11 is 0. The summed E-state index contributed by atoms with van der Waals surface area (Å²) in [4.78, 5) is 50.4. The molecule has 1 saturated carbocycles. The fraction of sp³-hybridized carbons (Fsp3) is 0.294. The number of carbonyl (C=O) groups is 2. The molecule has 24 heavy (non-hydrogen) atoms. The summed E-state index contributed by atoms with van der Waals surface area (Å²) in [6, 6.07) is 10.1. The van der Waals surface area contributed by atoms with Crippen molar-refractivity contribution in [2.75, 3.05) is 4.90 Å². The molecule has 0 N–H and O–H groups in total. The lowest BCUT2D eigenvalue weighted by molar-refractivity contribution is -0.123. The lowest BCUT2D eigenvalue weighted by atomic mass is 10.1. The minimum absolute atomic E-state index is 0.269. The third-order valence-electron chi connectivity index (χ3n) is 4.95. The fourth-order valence-corrected chi connectivity index (χ4v) is 3.60. The van der Waals surface area contributed by atoms with Gasteiger partial charge in [-0.05, 0) is 12.1 Å². The largest absolute Gasteiger partial charge is 0.330 e. The molecule has 1 saturated heterocycles. The normalized spacial score (nSPS) is 25.1. The van der Waals surface area contributed by atoms with Crippen molar-refractivity contribution < 1.29 is 9.59 Å². The minimum atomic E-state index is -0.490. The van der Waals surface area contributed by atoms with Crippen LogP contribution in [0, 0.1) is 11.8 Å². The molecule has 3 atom stereocenters. The van der Waals surface area contributed by atoms with Crippen LogP contribution in [-0.4, -0.2) is 20.9 Å². The average Bonchev–Trinajstić information content (AvgIpc) is 3.26. The Hall–Kier alpha value is -2.96. The summed E-state index contributed by atoms with van der Waals surface area (Å²) in [5.74, 6) is -1.91. The quantitative estimate of drug-likeness (QED) is 0.727. The SMILES string of the molecule is Cn1c(C2[C@H]3C(=O)N(c4ccccc4)C(=O)[C@@H]23)cc(=O)n(C)c1=O. The highest BCUT2D eigenvalue weighted by atomic mass is 16.2. The number of anilines is 1. The molecule has 2 aliphatic rings. The summed E-state index contributed by atoms with van der Waals surface area (Å²) in [5.41, 5.74) is 0.115. The maximum atomic E-state index is 12.6. The summed E-state index contributed by atoms with van der Waals surface area (Å²) in [7, 11) is 2.95. The van der Waals surface area contributed by atoms with Crippen LogP contribution < -0.4 is 16.1 Å². The maximum Gasteiger partial charge on any atom is 0.330 e. The van der Waals surface area contributed by atoms with Crippen LogP contribution >= 0.6 is 0 Å². The van der Waals surface area contributed by atoms with E-state index in [-0.39, 0.29) is 11.8 Å². The molecule has 2 heterocycles. The van der Waals surface area contributed by atoms with Crippen LogP contribution in [0.4, 0.5) is 5.69 Å². The predicted octanol–water partition coefficient (Wildman–Crippen LogP) is -0.0130. The van der Waals surface area contributed by atoms with Gasteiger partial charge in [-0.15, -0.1) is 0 Å². The number of aromatic nitrogens is 2. The second kappa shape index (κ2) is 4.77. The summed E-state index contributed by atoms with van der Waals surface area (Å²) in [6.07, 6.45) is 0. The zero-order valence-electron chi connectivity index (χ0n) is 13.2. The van der Waals surface area contributed by atoms with Gasteiger partial charge in [0.15, 0.2) is 0 Å². The summed E-state index contributed by atoms with van der Waals surface area (Å²) in [5, 5.41) is 0. The molecule has 4 rings (SSSR count). The number of nitrogens with zero attached hydrogens (tertiary/aromatic N) is 3. The molecule has 1 aromatic carbocycles. The molecule has 0 spiro atoms. The fourth-order valence-electron chi connectivity index (χ4n) is 3.60. The van der Waals surface area contributed by atoms with Gasteiger partial charge in [0.1, 0.15) is 0 Å². The van der Waals surface area contributed by atoms with Gasteiger partial charge < -0.3 is 4.57 Å². The number of piperidine rings is 1. The first-order valence-corrected chi connectivity index (χ1v) is 7.63. The van der Waals surface area contributed by atoms with Crippen molar-refractivity contribution in [3.05, 3.63) is 62.9 Å². The van der Waals surface area contributed by atoms with Crippen LogP contribution in [0.25, 0.3) is 0 Å². The van der Waals surface area contributed by atoms with E-state index in [4.69, 9.17) is 0 Å². The number of carbonyl (C=O) groups excluding carboxylic acids is 2. The Morgan fingerprint density at radius 3 is 1.96 bits per heavy atom. The molecule has 0 radical (unpaired) electrons. The van der Waals surface area contributed by atoms with E-state index in [1.54, 1.807) is 31.3 Å². The molecule has 7 nitrogen and oxygen atoms in total. The molecule has 2 aromatic rings. The molecule has 0 bridgehead atoms. The number of hydrogen-bond donors (Lipinski definition) is 0. The van der Waals surface area contributed by atoms with Crippen LogP contribution in [0.2, 0.25) is 0 Å². The van der Waals surface area contributed by atoms with Crippen molar-refractivity contribution in [3.63, 3.8) is 0 Å². The second-order valence-corrected chi connectivity index (χ2v) is 6.23. The van der Waals surface area contributed by atoms with Gasteiger partial charge in [0, 0.05) is 31.8 Å². The third-order valence-corrected chi connectivity index (χ3v) is 4.95. The van der Waals surface area contributed by atoms with Crippen molar-refractivity contribution in [2.24, 2.45) is 25.9 Å². The molecule has 122 valence electrons. The van der Waals surface area contributed by atoms with Gasteiger partial charge >= 0.3 is 5.69 Å². The summed E-state index contributed by atoms with van der Waals surface area (Å²) in [6.45, 7) is 0. The van der Waals surface area contributed by atoms with Gasteiger partial charge in [0.25, 0.3) is 5.56 Å². The first-order chi connectivity index (χ1) is 11.4. The van der Waals surface area contributed by atoms with Gasteiger partial charge in [-0.1, -0.05) is 18.2 Å². The Balaban J connectivity index is 1.72. The number of para-hydroxylation sites is 1. The van der Waals surface area contributed by atoms with Crippen molar-refractivity contribution in [1.29, 1.82) is 0 Å². The number of rotatable bonds is 2. The van der Waals surface area contributed by atoms with Crippen molar-refractivity contribution >= 4 is 17.5 Å². The Bertz CT molecular complexity index is 967. The molecule has 1 aromatic heterocycles. The van der Waals surface area contributed by atoms with Crippen LogP contribution in [0.1, 0.15) is 11.6 Å². The highest BCUT2D eigenvalue weighted by molar-refractivity contribution is 6.25. The predicted molar refractivity (Wildman–Crippen MR) is 85.6 cm³/mol. The molecule has 1 unspecified atom stereocenters. The number of hydrogen-bond acceptors (Lipinski definition) is 4. The molecule has 2 amide bonds. The zero-order valence-corrected chi connectivity index (χ0v) is 13.2. The first-order valence-electron chi connectivity index (χ1n) is 7.63. The van der Waals surface area contributed by atoms with E-state index in [0.717, 1.165) is 4.57 Å². The van der Waals surface area contributed by atoms with Gasteiger partial charge in [-0.3, -0.25) is 23.9 Å². The van der Waals surface area contributed by atoms with E-state index >= 15 is 0 Å². The lowest BCUT2D eigenvalue weighted by Crippen LogP contribution is -2.39. The third kappa shape index (κ3) is 1.78. The Morgan fingerprint density at radius 2 is 1.38 bits per heavy atom. The Labute approximate surface area is 136 Å². The molecule has 7 heteroatoms. The first kappa shape index (κ1) is 14.6. The molecule has 1 aliphatic carbocycles. The Kier molecular flexibility index (Phi) is 2.90.